The second kappa shape index (κ2) is 41.5. The Morgan fingerprint density at radius 2 is 1.04 bits per heavy atom. The fourth-order valence-electron chi connectivity index (χ4n) is 5.41. The lowest BCUT2D eigenvalue weighted by Gasteiger charge is -2.20. The van der Waals surface area contributed by atoms with Crippen LogP contribution in [0.3, 0.4) is 0 Å². The van der Waals surface area contributed by atoms with Crippen LogP contribution in [-0.2, 0) is 27.9 Å². The van der Waals surface area contributed by atoms with Crippen molar-refractivity contribution in [2.24, 2.45) is 0 Å². The number of unbranched alkanes of at least 4 members (excludes halogenated alkanes) is 14. The van der Waals surface area contributed by atoms with E-state index in [-0.39, 0.29) is 13.0 Å². The van der Waals surface area contributed by atoms with Crippen molar-refractivity contribution in [2.75, 3.05) is 33.0 Å². The van der Waals surface area contributed by atoms with Crippen molar-refractivity contribution in [3.05, 3.63) is 72.9 Å². The summed E-state index contributed by atoms with van der Waals surface area (Å²) in [7, 11) is -4.54. The van der Waals surface area contributed by atoms with Crippen LogP contribution in [0.1, 0.15) is 162 Å². The Hall–Kier alpha value is -2.10. The Morgan fingerprint density at radius 1 is 0.582 bits per heavy atom. The number of ether oxygens (including phenoxy) is 2. The van der Waals surface area contributed by atoms with E-state index in [1.165, 1.54) is 70.6 Å². The third-order valence-corrected chi connectivity index (χ3v) is 9.60. The molecule has 0 radical (unpaired) electrons. The summed E-state index contributed by atoms with van der Waals surface area (Å²) in [5.74, 6) is -0.414. The second-order valence-electron chi connectivity index (χ2n) is 14.0. The first-order valence-electron chi connectivity index (χ1n) is 21.4. The number of allylic oxidation sites excluding steroid dienone is 11. The van der Waals surface area contributed by atoms with Crippen LogP contribution < -0.4 is 0 Å². The minimum atomic E-state index is -4.54. The zero-order chi connectivity index (χ0) is 40.3. The summed E-state index contributed by atoms with van der Waals surface area (Å²) >= 11 is 0. The molecule has 0 aliphatic heterocycles. The average molecular weight is 795 g/mol. The monoisotopic (exact) mass is 795 g/mol. The largest absolute Gasteiger partial charge is 0.472 e. The van der Waals surface area contributed by atoms with Crippen LogP contribution in [-0.4, -0.2) is 66.3 Å². The van der Waals surface area contributed by atoms with Gasteiger partial charge in [-0.25, -0.2) is 4.57 Å². The molecule has 0 bridgehead atoms. The Labute approximate surface area is 335 Å². The van der Waals surface area contributed by atoms with E-state index >= 15 is 0 Å². The number of carbonyl (C=O) groups is 1. The van der Waals surface area contributed by atoms with E-state index in [1.807, 2.05) is 6.08 Å². The summed E-state index contributed by atoms with van der Waals surface area (Å²) in [4.78, 5) is 22.6. The molecular weight excluding hydrogens is 715 g/mol. The predicted octanol–water partition coefficient (Wildman–Crippen LogP) is 11.8. The molecule has 0 rings (SSSR count). The van der Waals surface area contributed by atoms with Gasteiger partial charge in [0.15, 0.2) is 0 Å². The van der Waals surface area contributed by atoms with Crippen molar-refractivity contribution in [3.8, 4) is 0 Å². The molecule has 0 fully saturated rings. The number of aliphatic hydroxyl groups excluding tert-OH is 2. The number of hydrogen-bond donors (Lipinski definition) is 3. The first-order valence-corrected chi connectivity index (χ1v) is 22.9. The van der Waals surface area contributed by atoms with E-state index in [4.69, 9.17) is 23.6 Å². The molecule has 0 aliphatic carbocycles. The van der Waals surface area contributed by atoms with Gasteiger partial charge < -0.3 is 24.6 Å². The number of phosphoric acid groups is 1. The molecule has 0 saturated carbocycles. The normalized spacial score (nSPS) is 14.8. The minimum Gasteiger partial charge on any atom is -0.457 e. The maximum atomic E-state index is 12.6. The Balaban J connectivity index is 4.30. The molecule has 0 spiro atoms. The van der Waals surface area contributed by atoms with Gasteiger partial charge in [-0.1, -0.05) is 157 Å². The molecule has 3 atom stereocenters. The second-order valence-corrected chi connectivity index (χ2v) is 15.4. The number of hydrogen-bond acceptors (Lipinski definition) is 8. The number of carbonyl (C=O) groups excluding carboxylic acids is 1. The Bertz CT molecular complexity index is 1080. The van der Waals surface area contributed by atoms with Crippen molar-refractivity contribution in [1.29, 1.82) is 0 Å². The predicted molar refractivity (Wildman–Crippen MR) is 228 cm³/mol. The van der Waals surface area contributed by atoms with Crippen LogP contribution in [0.25, 0.3) is 0 Å². The smallest absolute Gasteiger partial charge is 0.457 e. The van der Waals surface area contributed by atoms with Crippen LogP contribution in [0, 0.1) is 0 Å². The molecule has 3 unspecified atom stereocenters. The van der Waals surface area contributed by atoms with Gasteiger partial charge in [-0.05, 0) is 70.6 Å². The van der Waals surface area contributed by atoms with E-state index < -0.39 is 45.8 Å². The van der Waals surface area contributed by atoms with Crippen LogP contribution >= 0.6 is 7.82 Å². The molecule has 0 aromatic rings. The van der Waals surface area contributed by atoms with Crippen molar-refractivity contribution in [2.45, 2.75) is 174 Å². The van der Waals surface area contributed by atoms with E-state index in [1.54, 1.807) is 0 Å². The Kier molecular flexibility index (Phi) is 39.9. The zero-order valence-corrected chi connectivity index (χ0v) is 35.5. The summed E-state index contributed by atoms with van der Waals surface area (Å²) < 4.78 is 33.2. The maximum Gasteiger partial charge on any atom is 0.472 e. The van der Waals surface area contributed by atoms with Gasteiger partial charge in [0.2, 0.25) is 0 Å². The van der Waals surface area contributed by atoms with Gasteiger partial charge in [0, 0.05) is 6.42 Å². The van der Waals surface area contributed by atoms with E-state index in [0.717, 1.165) is 57.8 Å². The Morgan fingerprint density at radius 3 is 1.56 bits per heavy atom. The summed E-state index contributed by atoms with van der Waals surface area (Å²) in [5.41, 5.74) is 0. The molecule has 10 heteroatoms. The lowest BCUT2D eigenvalue weighted by atomic mass is 10.1. The van der Waals surface area contributed by atoms with Crippen molar-refractivity contribution in [3.63, 3.8) is 0 Å². The standard InChI is InChI=1S/C45H79O9P/c1-3-5-7-9-11-13-15-17-19-21-22-23-25-27-29-31-33-35-37-45(48)54-44(42-53-55(49,50)52-40-43(47)39-46)41-51-38-36-34-32-30-28-26-24-20-18-16-14-12-10-8-6-4-2/h6,8,12,14,18-21,26,28,32,34,43-44,46-47H,3-5,7,9-11,13,15-17,22-25,27,29-31,33,35-42H2,1-2H3,(H,49,50)/b8-6-,14-12-,20-18-,21-19-,28-26-,34-32-. The molecular formula is C45H79O9P. The number of esters is 1. The first kappa shape index (κ1) is 52.9. The van der Waals surface area contributed by atoms with Crippen LogP contribution in [0.2, 0.25) is 0 Å². The highest BCUT2D eigenvalue weighted by Crippen LogP contribution is 2.43. The van der Waals surface area contributed by atoms with Gasteiger partial charge in [0.25, 0.3) is 0 Å². The fourth-order valence-corrected chi connectivity index (χ4v) is 6.20. The van der Waals surface area contributed by atoms with E-state index in [0.29, 0.717) is 19.4 Å². The van der Waals surface area contributed by atoms with Gasteiger partial charge in [0.1, 0.15) is 12.2 Å². The molecule has 55 heavy (non-hydrogen) atoms. The van der Waals surface area contributed by atoms with Gasteiger partial charge in [-0.3, -0.25) is 13.8 Å². The number of rotatable bonds is 40. The summed E-state index contributed by atoms with van der Waals surface area (Å²) in [6.07, 6.45) is 48.8. The molecule has 0 aromatic carbocycles. The maximum absolute atomic E-state index is 12.6. The van der Waals surface area contributed by atoms with Crippen LogP contribution in [0.15, 0.2) is 72.9 Å². The lowest BCUT2D eigenvalue weighted by Crippen LogP contribution is -2.29. The van der Waals surface area contributed by atoms with Gasteiger partial charge in [-0.2, -0.15) is 0 Å². The highest BCUT2D eigenvalue weighted by molar-refractivity contribution is 7.47. The third kappa shape index (κ3) is 41.4. The van der Waals surface area contributed by atoms with Gasteiger partial charge in [0.05, 0.1) is 33.0 Å². The van der Waals surface area contributed by atoms with Crippen molar-refractivity contribution < 1.29 is 43.0 Å². The topological polar surface area (TPSA) is 132 Å². The average Bonchev–Trinajstić information content (AvgIpc) is 3.18. The van der Waals surface area contributed by atoms with Crippen LogP contribution in [0.5, 0.6) is 0 Å². The van der Waals surface area contributed by atoms with Gasteiger partial charge in [-0.15, -0.1) is 0 Å². The molecule has 0 amide bonds. The minimum absolute atomic E-state index is 0.00990. The molecule has 9 nitrogen and oxygen atoms in total. The molecule has 0 aromatic heterocycles. The van der Waals surface area contributed by atoms with Gasteiger partial charge >= 0.3 is 13.8 Å². The lowest BCUT2D eigenvalue weighted by molar-refractivity contribution is -0.154. The number of aliphatic hydroxyl groups is 2. The fraction of sp³-hybridized carbons (Fsp3) is 0.711. The zero-order valence-electron chi connectivity index (χ0n) is 34.6. The molecule has 0 heterocycles. The highest BCUT2D eigenvalue weighted by Gasteiger charge is 2.26. The van der Waals surface area contributed by atoms with E-state index in [9.17, 15) is 19.4 Å². The van der Waals surface area contributed by atoms with Crippen molar-refractivity contribution >= 4 is 13.8 Å². The third-order valence-electron chi connectivity index (χ3n) is 8.65. The van der Waals surface area contributed by atoms with Crippen LogP contribution in [0.4, 0.5) is 0 Å². The first-order chi connectivity index (χ1) is 26.8. The summed E-state index contributed by atoms with van der Waals surface area (Å²) in [6, 6.07) is 0. The highest BCUT2D eigenvalue weighted by atomic mass is 31.2. The molecule has 3 N–H and O–H groups in total. The summed E-state index contributed by atoms with van der Waals surface area (Å²) in [6.45, 7) is 3.15. The molecule has 318 valence electrons. The summed E-state index contributed by atoms with van der Waals surface area (Å²) in [5, 5.41) is 18.3. The quantitative estimate of drug-likeness (QED) is 0.0240. The number of phosphoric ester groups is 1. The SMILES string of the molecule is CC/C=C\C/C=C\C/C=C\C/C=C\C/C=C\CCOCC(COP(=O)(O)OCC(O)CO)OC(=O)CCCCCCCCC/C=C\CCCCCCCCC. The van der Waals surface area contributed by atoms with E-state index in [2.05, 4.69) is 80.7 Å². The molecule has 0 aliphatic rings. The van der Waals surface area contributed by atoms with Crippen molar-refractivity contribution in [1.82, 2.24) is 0 Å². The molecule has 0 saturated heterocycles.